The molecule has 1 N–H and O–H groups in total. The molecule has 5 heteroatoms. The van der Waals surface area contributed by atoms with Crippen LogP contribution in [-0.2, 0) is 14.3 Å². The van der Waals surface area contributed by atoms with Gasteiger partial charge in [-0.3, -0.25) is 4.18 Å². The van der Waals surface area contributed by atoms with Crippen molar-refractivity contribution in [3.63, 3.8) is 0 Å². The third-order valence-corrected chi connectivity index (χ3v) is 2.14. The van der Waals surface area contributed by atoms with Gasteiger partial charge in [-0.05, 0) is 6.42 Å². The van der Waals surface area contributed by atoms with Crippen LogP contribution in [-0.4, -0.2) is 32.5 Å². The van der Waals surface area contributed by atoms with E-state index in [0.717, 1.165) is 0 Å². The van der Waals surface area contributed by atoms with Crippen LogP contribution in [0.2, 0.25) is 0 Å². The molecule has 0 saturated heterocycles. The van der Waals surface area contributed by atoms with E-state index in [4.69, 9.17) is 11.5 Å². The average molecular weight is 178 g/mol. The highest BCUT2D eigenvalue weighted by Gasteiger charge is 2.08. The first-order chi connectivity index (χ1) is 5.12. The topological polar surface area (TPSA) is 63.6 Å². The molecule has 4 nitrogen and oxygen atoms in total. The second-order valence-electron chi connectivity index (χ2n) is 1.81. The summed E-state index contributed by atoms with van der Waals surface area (Å²) in [5, 5.41) is 8.29. The minimum atomic E-state index is -3.51. The van der Waals surface area contributed by atoms with Gasteiger partial charge < -0.3 is 5.11 Å². The van der Waals surface area contributed by atoms with Crippen molar-refractivity contribution in [2.45, 2.75) is 6.42 Å². The van der Waals surface area contributed by atoms with E-state index in [1.54, 1.807) is 0 Å². The summed E-state index contributed by atoms with van der Waals surface area (Å²) in [5.74, 6) is 1.85. The maximum absolute atomic E-state index is 10.7. The number of aliphatic hydroxyl groups excluding tert-OH is 1. The fourth-order valence-electron chi connectivity index (χ4n) is 0.424. The van der Waals surface area contributed by atoms with Crippen LogP contribution in [0.5, 0.6) is 0 Å². The van der Waals surface area contributed by atoms with Gasteiger partial charge in [0.2, 0.25) is 0 Å². The van der Waals surface area contributed by atoms with Crippen LogP contribution in [0.4, 0.5) is 0 Å². The van der Waals surface area contributed by atoms with Gasteiger partial charge in [-0.2, -0.15) is 8.42 Å². The lowest BCUT2D eigenvalue weighted by Crippen LogP contribution is -2.11. The quantitative estimate of drug-likeness (QED) is 0.449. The highest BCUT2D eigenvalue weighted by molar-refractivity contribution is 7.86. The van der Waals surface area contributed by atoms with Gasteiger partial charge >= 0.3 is 0 Å². The smallest absolute Gasteiger partial charge is 0.268 e. The molecule has 11 heavy (non-hydrogen) atoms. The molecule has 0 rings (SSSR count). The van der Waals surface area contributed by atoms with E-state index >= 15 is 0 Å². The summed E-state index contributed by atoms with van der Waals surface area (Å²) < 4.78 is 25.7. The van der Waals surface area contributed by atoms with Crippen LogP contribution in [0.3, 0.4) is 0 Å². The molecule has 0 spiro atoms. The summed E-state index contributed by atoms with van der Waals surface area (Å²) in [6, 6.07) is 0. The molecule has 0 fully saturated rings. The Morgan fingerprint density at radius 1 is 1.55 bits per heavy atom. The molecule has 0 aliphatic rings. The van der Waals surface area contributed by atoms with E-state index in [9.17, 15) is 8.42 Å². The highest BCUT2D eigenvalue weighted by atomic mass is 32.2. The summed E-state index contributed by atoms with van der Waals surface area (Å²) in [6.45, 7) is -0.410. The minimum Gasteiger partial charge on any atom is -0.396 e. The predicted octanol–water partition coefficient (Wildman–Crippen LogP) is -0.652. The van der Waals surface area contributed by atoms with Crippen LogP contribution in [0.15, 0.2) is 0 Å². The number of rotatable bonds is 5. The molecule has 0 saturated carbocycles. The summed E-state index contributed by atoms with van der Waals surface area (Å²) in [6.07, 6.45) is 4.95. The Morgan fingerprint density at radius 2 is 2.18 bits per heavy atom. The van der Waals surface area contributed by atoms with Crippen LogP contribution in [0.1, 0.15) is 6.42 Å². The standard InChI is InChI=1S/C6H10O4S/c1-2-5-10-11(8,9)6-3-4-7/h1,7H,3-6H2. The maximum Gasteiger partial charge on any atom is 0.268 e. The molecule has 0 aromatic carbocycles. The molecule has 64 valence electrons. The van der Waals surface area contributed by atoms with E-state index in [2.05, 4.69) is 4.18 Å². The third-order valence-electron chi connectivity index (χ3n) is 0.874. The largest absolute Gasteiger partial charge is 0.396 e. The predicted molar refractivity (Wildman–Crippen MR) is 40.3 cm³/mol. The molecule has 0 aliphatic carbocycles. The zero-order valence-corrected chi connectivity index (χ0v) is 6.80. The van der Waals surface area contributed by atoms with Gasteiger partial charge in [0.15, 0.2) is 0 Å². The minimum absolute atomic E-state index is 0.168. The average Bonchev–Trinajstić information content (AvgIpc) is 1.97. The van der Waals surface area contributed by atoms with Crippen LogP contribution < -0.4 is 0 Å². The fraction of sp³-hybridized carbons (Fsp3) is 0.667. The zero-order chi connectivity index (χ0) is 8.74. The van der Waals surface area contributed by atoms with Gasteiger partial charge in [-0.15, -0.1) is 6.42 Å². The van der Waals surface area contributed by atoms with E-state index in [0.29, 0.717) is 0 Å². The lowest BCUT2D eigenvalue weighted by atomic mass is 10.5. The van der Waals surface area contributed by atoms with E-state index in [1.165, 1.54) is 0 Å². The van der Waals surface area contributed by atoms with Crippen molar-refractivity contribution in [2.24, 2.45) is 0 Å². The first kappa shape index (κ1) is 10.4. The lowest BCUT2D eigenvalue weighted by Gasteiger charge is -1.99. The third kappa shape index (κ3) is 5.85. The molecular formula is C6H10O4S. The Labute approximate surface area is 66.3 Å². The Hall–Kier alpha value is -0.570. The van der Waals surface area contributed by atoms with Gasteiger partial charge in [0.05, 0.1) is 5.75 Å². The SMILES string of the molecule is C#CCOS(=O)(=O)CCCO. The first-order valence-corrected chi connectivity index (χ1v) is 4.61. The fourth-order valence-corrected chi connectivity index (χ4v) is 1.27. The second-order valence-corrected chi connectivity index (χ2v) is 3.56. The van der Waals surface area contributed by atoms with Crippen molar-refractivity contribution in [3.8, 4) is 12.3 Å². The Kier molecular flexibility index (Phi) is 4.86. The van der Waals surface area contributed by atoms with Crippen molar-refractivity contribution in [2.75, 3.05) is 19.0 Å². The summed E-state index contributed by atoms with van der Waals surface area (Å²) in [5.41, 5.74) is 0. The van der Waals surface area contributed by atoms with Crippen molar-refractivity contribution < 1.29 is 17.7 Å². The highest BCUT2D eigenvalue weighted by Crippen LogP contribution is 1.94. The van der Waals surface area contributed by atoms with E-state index in [-0.39, 0.29) is 25.4 Å². The van der Waals surface area contributed by atoms with Crippen molar-refractivity contribution in [3.05, 3.63) is 0 Å². The molecular weight excluding hydrogens is 168 g/mol. The van der Waals surface area contributed by atoms with Crippen molar-refractivity contribution in [1.82, 2.24) is 0 Å². The normalized spacial score (nSPS) is 10.9. The second kappa shape index (κ2) is 5.13. The van der Waals surface area contributed by atoms with Gasteiger partial charge in [0.1, 0.15) is 6.61 Å². The molecule has 0 aromatic rings. The first-order valence-electron chi connectivity index (χ1n) is 3.04. The van der Waals surface area contributed by atoms with Crippen molar-refractivity contribution in [1.29, 1.82) is 0 Å². The Bertz CT molecular complexity index is 223. The molecule has 0 atom stereocenters. The molecule has 0 radical (unpaired) electrons. The van der Waals surface area contributed by atoms with Gasteiger partial charge in [0, 0.05) is 6.61 Å². The number of aliphatic hydroxyl groups is 1. The molecule has 0 bridgehead atoms. The van der Waals surface area contributed by atoms with Crippen LogP contribution >= 0.6 is 0 Å². The molecule has 0 aromatic heterocycles. The number of hydrogen-bond acceptors (Lipinski definition) is 4. The van der Waals surface area contributed by atoms with Gasteiger partial charge in [0.25, 0.3) is 10.1 Å². The monoisotopic (exact) mass is 178 g/mol. The van der Waals surface area contributed by atoms with Crippen molar-refractivity contribution >= 4 is 10.1 Å². The molecule has 0 unspecified atom stereocenters. The number of terminal acetylenes is 1. The Morgan fingerprint density at radius 3 is 2.64 bits per heavy atom. The lowest BCUT2D eigenvalue weighted by molar-refractivity contribution is 0.291. The molecule has 0 heterocycles. The van der Waals surface area contributed by atoms with Gasteiger partial charge in [-0.25, -0.2) is 0 Å². The summed E-state index contributed by atoms with van der Waals surface area (Å²) >= 11 is 0. The van der Waals surface area contributed by atoms with Crippen LogP contribution in [0.25, 0.3) is 0 Å². The number of hydrogen-bond donors (Lipinski definition) is 1. The van der Waals surface area contributed by atoms with Crippen LogP contribution in [0, 0.1) is 12.3 Å². The summed E-state index contributed by atoms with van der Waals surface area (Å²) in [4.78, 5) is 0. The summed E-state index contributed by atoms with van der Waals surface area (Å²) in [7, 11) is -3.51. The maximum atomic E-state index is 10.7. The van der Waals surface area contributed by atoms with E-state index < -0.39 is 10.1 Å². The Balaban J connectivity index is 3.74. The molecule has 0 aliphatic heterocycles. The molecule has 0 amide bonds. The van der Waals surface area contributed by atoms with E-state index in [1.807, 2.05) is 5.92 Å². The zero-order valence-electron chi connectivity index (χ0n) is 5.99. The van der Waals surface area contributed by atoms with Gasteiger partial charge in [-0.1, -0.05) is 5.92 Å².